The molecule has 0 aliphatic carbocycles. The molecule has 1 aromatic rings. The molecule has 0 heterocycles. The maximum Gasteiger partial charge on any atom is 0.146 e. The van der Waals surface area contributed by atoms with Crippen LogP contribution < -0.4 is 0 Å². The van der Waals surface area contributed by atoms with Crippen molar-refractivity contribution in [3.05, 3.63) is 59.4 Å². The standard InChI is InChI=1S/C13H13FO/c1-10(9-15)13(11(2)14)8-12-6-4-3-5-7-12/h3-7,9H,2,8H2,1H3. The molecule has 1 aromatic carbocycles. The minimum absolute atomic E-state index is 0.371. The third kappa shape index (κ3) is 3.17. The van der Waals surface area contributed by atoms with Gasteiger partial charge in [0.2, 0.25) is 0 Å². The number of hydrogen-bond donors (Lipinski definition) is 0. The molecule has 2 heteroatoms. The average molecular weight is 204 g/mol. The van der Waals surface area contributed by atoms with Gasteiger partial charge in [0.15, 0.2) is 0 Å². The molecule has 0 N–H and O–H groups in total. The summed E-state index contributed by atoms with van der Waals surface area (Å²) in [7, 11) is 0. The summed E-state index contributed by atoms with van der Waals surface area (Å²) in [6.45, 7) is 4.83. The lowest BCUT2D eigenvalue weighted by atomic mass is 10.0. The number of halogens is 1. The van der Waals surface area contributed by atoms with Crippen molar-refractivity contribution >= 4 is 6.29 Å². The van der Waals surface area contributed by atoms with E-state index in [4.69, 9.17) is 0 Å². The molecular formula is C13H13FO. The molecule has 0 amide bonds. The minimum Gasteiger partial charge on any atom is -0.298 e. The number of rotatable bonds is 4. The topological polar surface area (TPSA) is 17.1 Å². The number of carbonyl (C=O) groups is 1. The van der Waals surface area contributed by atoms with Gasteiger partial charge in [-0.15, -0.1) is 0 Å². The highest BCUT2D eigenvalue weighted by molar-refractivity contribution is 5.75. The number of hydrogen-bond acceptors (Lipinski definition) is 1. The number of carbonyl (C=O) groups excluding carboxylic acids is 1. The largest absolute Gasteiger partial charge is 0.298 e. The maximum atomic E-state index is 13.1. The second-order valence-corrected chi connectivity index (χ2v) is 3.35. The first kappa shape index (κ1) is 11.4. The van der Waals surface area contributed by atoms with Gasteiger partial charge in [-0.05, 0) is 23.6 Å². The van der Waals surface area contributed by atoms with Gasteiger partial charge in [0, 0.05) is 6.42 Å². The fraction of sp³-hybridized carbons (Fsp3) is 0.154. The van der Waals surface area contributed by atoms with Crippen LogP contribution in [0.2, 0.25) is 0 Å². The highest BCUT2D eigenvalue weighted by Crippen LogP contribution is 2.18. The lowest BCUT2D eigenvalue weighted by Crippen LogP contribution is -1.96. The molecule has 15 heavy (non-hydrogen) atoms. The van der Waals surface area contributed by atoms with E-state index in [2.05, 4.69) is 6.58 Å². The Morgan fingerprint density at radius 1 is 1.40 bits per heavy atom. The molecule has 0 saturated carbocycles. The van der Waals surface area contributed by atoms with Crippen LogP contribution in [-0.2, 0) is 11.2 Å². The van der Waals surface area contributed by atoms with E-state index in [-0.39, 0.29) is 0 Å². The maximum absolute atomic E-state index is 13.1. The fourth-order valence-corrected chi connectivity index (χ4v) is 1.32. The molecule has 0 unspecified atom stereocenters. The van der Waals surface area contributed by atoms with Gasteiger partial charge >= 0.3 is 0 Å². The molecule has 0 aromatic heterocycles. The molecule has 0 aliphatic rings. The summed E-state index contributed by atoms with van der Waals surface area (Å²) in [5.74, 6) is -0.538. The molecule has 0 bridgehead atoms. The Bertz CT molecular complexity index is 390. The van der Waals surface area contributed by atoms with E-state index in [0.717, 1.165) is 5.56 Å². The molecule has 0 fully saturated rings. The van der Waals surface area contributed by atoms with Crippen LogP contribution >= 0.6 is 0 Å². The van der Waals surface area contributed by atoms with Crippen molar-refractivity contribution in [3.8, 4) is 0 Å². The van der Waals surface area contributed by atoms with E-state index in [0.29, 0.717) is 23.9 Å². The van der Waals surface area contributed by atoms with Crippen LogP contribution in [0.5, 0.6) is 0 Å². The first-order chi connectivity index (χ1) is 7.15. The predicted molar refractivity (Wildman–Crippen MR) is 59.2 cm³/mol. The average Bonchev–Trinajstić information content (AvgIpc) is 2.26. The van der Waals surface area contributed by atoms with Crippen LogP contribution in [0.1, 0.15) is 12.5 Å². The zero-order valence-corrected chi connectivity index (χ0v) is 8.66. The molecule has 1 rings (SSSR count). The molecule has 1 nitrogen and oxygen atoms in total. The Morgan fingerprint density at radius 2 is 2.00 bits per heavy atom. The number of aldehydes is 1. The van der Waals surface area contributed by atoms with Gasteiger partial charge in [0.25, 0.3) is 0 Å². The second kappa shape index (κ2) is 5.25. The van der Waals surface area contributed by atoms with Crippen LogP contribution in [0.15, 0.2) is 53.9 Å². The fourth-order valence-electron chi connectivity index (χ4n) is 1.32. The molecule has 0 saturated heterocycles. The van der Waals surface area contributed by atoms with E-state index in [1.807, 2.05) is 30.3 Å². The van der Waals surface area contributed by atoms with E-state index < -0.39 is 5.83 Å². The zero-order chi connectivity index (χ0) is 11.3. The summed E-state index contributed by atoms with van der Waals surface area (Å²) in [5, 5.41) is 0. The zero-order valence-electron chi connectivity index (χ0n) is 8.66. The van der Waals surface area contributed by atoms with Crippen LogP contribution in [-0.4, -0.2) is 6.29 Å². The van der Waals surface area contributed by atoms with Crippen molar-refractivity contribution in [2.75, 3.05) is 0 Å². The van der Waals surface area contributed by atoms with Crippen LogP contribution in [0.3, 0.4) is 0 Å². The normalized spacial score (nSPS) is 11.9. The van der Waals surface area contributed by atoms with Gasteiger partial charge in [-0.1, -0.05) is 36.9 Å². The SMILES string of the molecule is C=C(F)C(Cc1ccccc1)=C(C)C=O. The molecule has 0 spiro atoms. The van der Waals surface area contributed by atoms with Crippen molar-refractivity contribution in [1.29, 1.82) is 0 Å². The Morgan fingerprint density at radius 3 is 2.47 bits per heavy atom. The Hall–Kier alpha value is -1.70. The monoisotopic (exact) mass is 204 g/mol. The Balaban J connectivity index is 2.96. The second-order valence-electron chi connectivity index (χ2n) is 3.35. The minimum atomic E-state index is -0.538. The summed E-state index contributed by atoms with van der Waals surface area (Å²) in [6.07, 6.45) is 1.06. The highest BCUT2D eigenvalue weighted by Gasteiger charge is 2.07. The van der Waals surface area contributed by atoms with Crippen LogP contribution in [0.4, 0.5) is 4.39 Å². The first-order valence-electron chi connectivity index (χ1n) is 4.68. The van der Waals surface area contributed by atoms with Gasteiger partial charge in [-0.2, -0.15) is 0 Å². The van der Waals surface area contributed by atoms with Gasteiger partial charge in [-0.3, -0.25) is 4.79 Å². The molecule has 0 atom stereocenters. The number of benzene rings is 1. The molecular weight excluding hydrogens is 191 g/mol. The van der Waals surface area contributed by atoms with Crippen LogP contribution in [0.25, 0.3) is 0 Å². The lowest BCUT2D eigenvalue weighted by molar-refractivity contribution is -0.104. The van der Waals surface area contributed by atoms with Gasteiger partial charge < -0.3 is 0 Å². The third-order valence-electron chi connectivity index (χ3n) is 2.20. The molecule has 0 radical (unpaired) electrons. The van der Waals surface area contributed by atoms with Crippen molar-refractivity contribution in [2.45, 2.75) is 13.3 Å². The third-order valence-corrected chi connectivity index (χ3v) is 2.20. The predicted octanol–water partition coefficient (Wildman–Crippen LogP) is 3.23. The summed E-state index contributed by atoms with van der Waals surface area (Å²) >= 11 is 0. The molecule has 0 aliphatic heterocycles. The first-order valence-corrected chi connectivity index (χ1v) is 4.68. The molecule has 78 valence electrons. The van der Waals surface area contributed by atoms with Gasteiger partial charge in [0.05, 0.1) is 0 Å². The van der Waals surface area contributed by atoms with E-state index >= 15 is 0 Å². The van der Waals surface area contributed by atoms with E-state index in [1.165, 1.54) is 0 Å². The Labute approximate surface area is 88.9 Å². The lowest BCUT2D eigenvalue weighted by Gasteiger charge is -2.06. The van der Waals surface area contributed by atoms with Crippen molar-refractivity contribution in [3.63, 3.8) is 0 Å². The summed E-state index contributed by atoms with van der Waals surface area (Å²) < 4.78 is 13.1. The number of allylic oxidation sites excluding steroid dienone is 3. The summed E-state index contributed by atoms with van der Waals surface area (Å²) in [6, 6.07) is 9.43. The quantitative estimate of drug-likeness (QED) is 0.418. The van der Waals surface area contributed by atoms with Gasteiger partial charge in [0.1, 0.15) is 12.1 Å². The summed E-state index contributed by atoms with van der Waals surface area (Å²) in [4.78, 5) is 10.6. The van der Waals surface area contributed by atoms with Crippen LogP contribution in [0, 0.1) is 0 Å². The Kier molecular flexibility index (Phi) is 3.98. The van der Waals surface area contributed by atoms with Crippen molar-refractivity contribution in [1.82, 2.24) is 0 Å². The highest BCUT2D eigenvalue weighted by atomic mass is 19.1. The van der Waals surface area contributed by atoms with Gasteiger partial charge in [-0.25, -0.2) is 4.39 Å². The smallest absolute Gasteiger partial charge is 0.146 e. The van der Waals surface area contributed by atoms with E-state index in [9.17, 15) is 9.18 Å². The summed E-state index contributed by atoms with van der Waals surface area (Å²) in [5.41, 5.74) is 1.73. The van der Waals surface area contributed by atoms with Crippen molar-refractivity contribution < 1.29 is 9.18 Å². The van der Waals surface area contributed by atoms with Crippen molar-refractivity contribution in [2.24, 2.45) is 0 Å². The van der Waals surface area contributed by atoms with E-state index in [1.54, 1.807) is 6.92 Å².